The molecule has 2 N–H and O–H groups in total. The minimum Gasteiger partial charge on any atom is -0.345 e. The van der Waals surface area contributed by atoms with Crippen LogP contribution in [-0.2, 0) is 9.59 Å². The van der Waals surface area contributed by atoms with Gasteiger partial charge in [-0.3, -0.25) is 19.3 Å². The number of hydrogen-bond donors (Lipinski definition) is 1. The van der Waals surface area contributed by atoms with Crippen LogP contribution < -0.4 is 5.73 Å². The molecule has 3 heterocycles. The van der Waals surface area contributed by atoms with E-state index in [-0.39, 0.29) is 35.8 Å². The molecule has 0 saturated carbocycles. The average molecular weight is 453 g/mol. The molecule has 9 nitrogen and oxygen atoms in total. The van der Waals surface area contributed by atoms with Crippen LogP contribution >= 0.6 is 0 Å². The van der Waals surface area contributed by atoms with Crippen LogP contribution in [0.3, 0.4) is 0 Å². The summed E-state index contributed by atoms with van der Waals surface area (Å²) in [6.07, 6.45) is 2.22. The number of benzene rings is 1. The monoisotopic (exact) mass is 452 g/mol. The van der Waals surface area contributed by atoms with E-state index in [9.17, 15) is 19.6 Å². The fraction of sp³-hybridized carbons (Fsp3) is 0.583. The highest BCUT2D eigenvalue weighted by Gasteiger charge is 2.51. The van der Waals surface area contributed by atoms with E-state index in [0.29, 0.717) is 38.0 Å². The molecule has 5 atom stereocenters. The molecule has 176 valence electrons. The van der Waals surface area contributed by atoms with E-state index < -0.39 is 12.1 Å². The van der Waals surface area contributed by atoms with Gasteiger partial charge < -0.3 is 20.4 Å². The highest BCUT2D eigenvalue weighted by atomic mass is 16.2. The molecule has 0 aromatic heterocycles. The summed E-state index contributed by atoms with van der Waals surface area (Å²) in [5, 5.41) is 9.26. The lowest BCUT2D eigenvalue weighted by atomic mass is 10.0. The molecule has 3 saturated heterocycles. The van der Waals surface area contributed by atoms with E-state index in [4.69, 9.17) is 5.73 Å². The van der Waals surface area contributed by atoms with Crippen molar-refractivity contribution in [1.29, 1.82) is 5.26 Å². The second-order valence-corrected chi connectivity index (χ2v) is 9.53. The normalized spacial score (nSPS) is 26.4. The van der Waals surface area contributed by atoms with Crippen molar-refractivity contribution in [2.75, 3.05) is 33.7 Å². The summed E-state index contributed by atoms with van der Waals surface area (Å²) in [5.41, 5.74) is 7.75. The van der Waals surface area contributed by atoms with Crippen LogP contribution in [0.25, 0.3) is 0 Å². The van der Waals surface area contributed by atoms with Crippen molar-refractivity contribution in [2.45, 2.75) is 56.4 Å². The van der Waals surface area contributed by atoms with Gasteiger partial charge in [0.2, 0.25) is 11.8 Å². The molecule has 3 aliphatic rings. The number of nitrogens with two attached hydrogens (primary N) is 1. The maximum Gasteiger partial charge on any atom is 0.253 e. The number of piperazine rings is 1. The van der Waals surface area contributed by atoms with Gasteiger partial charge in [0.05, 0.1) is 24.2 Å². The van der Waals surface area contributed by atoms with Crippen molar-refractivity contribution in [2.24, 2.45) is 5.73 Å². The number of rotatable bonds is 6. The number of carbonyl (C=O) groups is 3. The quantitative estimate of drug-likeness (QED) is 0.675. The van der Waals surface area contributed by atoms with Gasteiger partial charge >= 0.3 is 0 Å². The maximum atomic E-state index is 13.3. The summed E-state index contributed by atoms with van der Waals surface area (Å²) in [4.78, 5) is 45.4. The smallest absolute Gasteiger partial charge is 0.253 e. The van der Waals surface area contributed by atoms with Gasteiger partial charge in [-0.05, 0) is 43.9 Å². The van der Waals surface area contributed by atoms with Crippen molar-refractivity contribution in [3.63, 3.8) is 0 Å². The lowest BCUT2D eigenvalue weighted by Gasteiger charge is -2.38. The summed E-state index contributed by atoms with van der Waals surface area (Å²) in [6, 6.07) is 8.10. The molecule has 3 fully saturated rings. The Morgan fingerprint density at radius 1 is 1.33 bits per heavy atom. The molecule has 0 unspecified atom stereocenters. The van der Waals surface area contributed by atoms with E-state index in [1.165, 1.54) is 4.90 Å². The largest absolute Gasteiger partial charge is 0.345 e. The van der Waals surface area contributed by atoms with Gasteiger partial charge in [0.1, 0.15) is 6.04 Å². The third kappa shape index (κ3) is 4.21. The first-order chi connectivity index (χ1) is 15.7. The SMILES string of the molecule is C[C@H](c1cccc(C(=O)N(C)C)c1)N1C(=O)[C@@H]2C[C@H]1CN2C[C@H](N)C(=O)N1CCC[C@H]1C#N. The van der Waals surface area contributed by atoms with Gasteiger partial charge in [0.15, 0.2) is 0 Å². The molecule has 9 heteroatoms. The Bertz CT molecular complexity index is 989. The fourth-order valence-electron chi connectivity index (χ4n) is 5.46. The first-order valence-corrected chi connectivity index (χ1v) is 11.6. The summed E-state index contributed by atoms with van der Waals surface area (Å²) >= 11 is 0. The Hall–Kier alpha value is -2.96. The van der Waals surface area contributed by atoms with Crippen molar-refractivity contribution >= 4 is 17.7 Å². The number of carbonyl (C=O) groups excluding carboxylic acids is 3. The third-order valence-electron chi connectivity index (χ3n) is 7.19. The van der Waals surface area contributed by atoms with Crippen LogP contribution in [0.5, 0.6) is 0 Å². The molecule has 1 aromatic carbocycles. The van der Waals surface area contributed by atoms with Gasteiger partial charge in [-0.1, -0.05) is 12.1 Å². The molecular formula is C24H32N6O3. The minimum atomic E-state index is -0.745. The first kappa shape index (κ1) is 23.2. The van der Waals surface area contributed by atoms with E-state index in [1.54, 1.807) is 25.1 Å². The van der Waals surface area contributed by atoms with E-state index in [2.05, 4.69) is 6.07 Å². The van der Waals surface area contributed by atoms with E-state index >= 15 is 0 Å². The Balaban J connectivity index is 1.41. The number of nitrogens with zero attached hydrogens (tertiary/aromatic N) is 5. The molecule has 3 aliphatic heterocycles. The molecular weight excluding hydrogens is 420 g/mol. The lowest BCUT2D eigenvalue weighted by molar-refractivity contribution is -0.140. The van der Waals surface area contributed by atoms with Crippen LogP contribution in [0.1, 0.15) is 48.1 Å². The highest BCUT2D eigenvalue weighted by Crippen LogP contribution is 2.38. The fourth-order valence-corrected chi connectivity index (χ4v) is 5.46. The predicted molar refractivity (Wildman–Crippen MR) is 122 cm³/mol. The Morgan fingerprint density at radius 3 is 2.76 bits per heavy atom. The average Bonchev–Trinajstić information content (AvgIpc) is 3.52. The number of likely N-dealkylation sites (tertiary alicyclic amines) is 3. The first-order valence-electron chi connectivity index (χ1n) is 11.6. The number of amides is 3. The van der Waals surface area contributed by atoms with Gasteiger partial charge in [-0.25, -0.2) is 0 Å². The predicted octanol–water partition coefficient (Wildman–Crippen LogP) is 0.576. The van der Waals surface area contributed by atoms with Crippen molar-refractivity contribution in [3.8, 4) is 6.07 Å². The zero-order valence-corrected chi connectivity index (χ0v) is 19.5. The van der Waals surface area contributed by atoms with E-state index in [1.807, 2.05) is 34.9 Å². The number of nitriles is 1. The Labute approximate surface area is 194 Å². The van der Waals surface area contributed by atoms with Gasteiger partial charge in [0, 0.05) is 45.3 Å². The number of fused-ring (bicyclic) bond motifs is 2. The standard InChI is InChI=1S/C24H32N6O3/c1-15(16-6-4-7-17(10-16)22(31)27(2)3)30-19-11-21(24(30)33)28(13-19)14-20(26)23(32)29-9-5-8-18(29)12-25/h4,6-7,10,15,18-21H,5,8-9,11,13-14,26H2,1-3H3/t15-,18+,19+,20+,21+/m1/s1. The van der Waals surface area contributed by atoms with Crippen LogP contribution in [0, 0.1) is 11.3 Å². The summed E-state index contributed by atoms with van der Waals surface area (Å²) in [5.74, 6) is -0.236. The second-order valence-electron chi connectivity index (χ2n) is 9.53. The van der Waals surface area contributed by atoms with Crippen molar-refractivity contribution in [1.82, 2.24) is 19.6 Å². The number of hydrogen-bond acceptors (Lipinski definition) is 6. The highest BCUT2D eigenvalue weighted by molar-refractivity contribution is 5.94. The third-order valence-corrected chi connectivity index (χ3v) is 7.19. The molecule has 0 aliphatic carbocycles. The molecule has 1 aromatic rings. The summed E-state index contributed by atoms with van der Waals surface area (Å²) < 4.78 is 0. The Kier molecular flexibility index (Phi) is 6.41. The summed E-state index contributed by atoms with van der Waals surface area (Å²) in [6.45, 7) is 3.54. The maximum absolute atomic E-state index is 13.3. The molecule has 0 radical (unpaired) electrons. The topological polar surface area (TPSA) is 114 Å². The molecule has 3 amide bonds. The van der Waals surface area contributed by atoms with Crippen molar-refractivity contribution < 1.29 is 14.4 Å². The van der Waals surface area contributed by atoms with Crippen LogP contribution in [0.2, 0.25) is 0 Å². The van der Waals surface area contributed by atoms with Crippen LogP contribution in [0.4, 0.5) is 0 Å². The van der Waals surface area contributed by atoms with Crippen LogP contribution in [0.15, 0.2) is 24.3 Å². The zero-order chi connectivity index (χ0) is 23.9. The summed E-state index contributed by atoms with van der Waals surface area (Å²) in [7, 11) is 3.44. The van der Waals surface area contributed by atoms with Gasteiger partial charge in [0.25, 0.3) is 5.91 Å². The van der Waals surface area contributed by atoms with Crippen molar-refractivity contribution in [3.05, 3.63) is 35.4 Å². The molecule has 0 spiro atoms. The molecule has 4 rings (SSSR count). The molecule has 2 bridgehead atoms. The van der Waals surface area contributed by atoms with Gasteiger partial charge in [-0.15, -0.1) is 0 Å². The second kappa shape index (κ2) is 9.12. The Morgan fingerprint density at radius 2 is 2.09 bits per heavy atom. The van der Waals surface area contributed by atoms with E-state index in [0.717, 1.165) is 12.0 Å². The lowest BCUT2D eigenvalue weighted by Crippen LogP contribution is -2.56. The van der Waals surface area contributed by atoms with Crippen LogP contribution in [-0.4, -0.2) is 95.2 Å². The molecule has 33 heavy (non-hydrogen) atoms. The zero-order valence-electron chi connectivity index (χ0n) is 19.5. The van der Waals surface area contributed by atoms with Gasteiger partial charge in [-0.2, -0.15) is 5.26 Å². The minimum absolute atomic E-state index is 0.0406.